The van der Waals surface area contributed by atoms with Crippen LogP contribution in [0.1, 0.15) is 37.6 Å². The van der Waals surface area contributed by atoms with Gasteiger partial charge in [-0.2, -0.15) is 0 Å². The smallest absolute Gasteiger partial charge is 0.255 e. The summed E-state index contributed by atoms with van der Waals surface area (Å²) in [6.45, 7) is 6.79. The third-order valence-electron chi connectivity index (χ3n) is 2.83. The minimum Gasteiger partial charge on any atom is -0.493 e. The molecule has 0 radical (unpaired) electrons. The molecule has 1 rings (SSSR count). The number of nitrogens with two attached hydrogens (primary N) is 1. The first-order chi connectivity index (χ1) is 9.75. The fraction of sp³-hybridized carbons (Fsp3) is 0.500. The highest BCUT2D eigenvalue weighted by Crippen LogP contribution is 2.22. The summed E-state index contributed by atoms with van der Waals surface area (Å²) in [5.41, 5.74) is 0.173. The Kier molecular flexibility index (Phi) is 6.17. The first-order valence-electron chi connectivity index (χ1n) is 6.83. The number of hydrogen-bond donors (Lipinski definition) is 2. The van der Waals surface area contributed by atoms with E-state index in [0.717, 1.165) is 6.42 Å². The van der Waals surface area contributed by atoms with E-state index in [1.807, 2.05) is 0 Å². The van der Waals surface area contributed by atoms with E-state index in [9.17, 15) is 13.2 Å². The number of carbonyl (C=O) groups is 1. The molecule has 0 bridgehead atoms. The molecule has 0 saturated heterocycles. The van der Waals surface area contributed by atoms with Crippen LogP contribution in [0.25, 0.3) is 0 Å². The van der Waals surface area contributed by atoms with E-state index in [4.69, 9.17) is 9.88 Å². The molecule has 0 aliphatic carbocycles. The Bertz CT molecular complexity index is 597. The van der Waals surface area contributed by atoms with Crippen LogP contribution in [0.15, 0.2) is 23.1 Å². The third-order valence-corrected chi connectivity index (χ3v) is 3.74. The predicted octanol–water partition coefficient (Wildman–Crippen LogP) is 1.51. The van der Waals surface area contributed by atoms with Gasteiger partial charge in [0.25, 0.3) is 5.91 Å². The quantitative estimate of drug-likeness (QED) is 0.797. The summed E-state index contributed by atoms with van der Waals surface area (Å²) in [5.74, 6) is 0.434. The number of sulfonamides is 1. The van der Waals surface area contributed by atoms with Crippen LogP contribution in [0.3, 0.4) is 0 Å². The van der Waals surface area contributed by atoms with E-state index in [1.165, 1.54) is 18.2 Å². The van der Waals surface area contributed by atoms with Crippen LogP contribution in [0.5, 0.6) is 5.75 Å². The van der Waals surface area contributed by atoms with Gasteiger partial charge in [0.05, 0.1) is 17.1 Å². The van der Waals surface area contributed by atoms with Crippen molar-refractivity contribution >= 4 is 15.9 Å². The lowest BCUT2D eigenvalue weighted by Crippen LogP contribution is -2.26. The maximum atomic E-state index is 12.2. The first kappa shape index (κ1) is 17.5. The molecule has 0 atom stereocenters. The molecular weight excluding hydrogens is 292 g/mol. The van der Waals surface area contributed by atoms with Crippen LogP contribution in [0.4, 0.5) is 0 Å². The summed E-state index contributed by atoms with van der Waals surface area (Å²) in [5, 5.41) is 7.84. The lowest BCUT2D eigenvalue weighted by atomic mass is 10.1. The first-order valence-corrected chi connectivity index (χ1v) is 8.38. The molecule has 0 fully saturated rings. The second-order valence-electron chi connectivity index (χ2n) is 5.07. The Hall–Kier alpha value is -1.60. The fourth-order valence-corrected chi connectivity index (χ4v) is 2.25. The van der Waals surface area contributed by atoms with Gasteiger partial charge in [-0.3, -0.25) is 4.79 Å². The summed E-state index contributed by atoms with van der Waals surface area (Å²) >= 11 is 0. The van der Waals surface area contributed by atoms with Crippen LogP contribution in [0, 0.1) is 5.92 Å². The molecule has 3 N–H and O–H groups in total. The van der Waals surface area contributed by atoms with Gasteiger partial charge in [-0.15, -0.1) is 0 Å². The van der Waals surface area contributed by atoms with Crippen molar-refractivity contribution < 1.29 is 17.9 Å². The molecule has 0 aliphatic rings. The molecule has 6 nitrogen and oxygen atoms in total. The monoisotopic (exact) mass is 314 g/mol. The largest absolute Gasteiger partial charge is 0.493 e. The normalized spacial score (nSPS) is 11.5. The Labute approximate surface area is 125 Å². The van der Waals surface area contributed by atoms with Crippen molar-refractivity contribution in [2.45, 2.75) is 32.1 Å². The fourth-order valence-electron chi connectivity index (χ4n) is 1.71. The number of benzene rings is 1. The van der Waals surface area contributed by atoms with Gasteiger partial charge in [-0.25, -0.2) is 13.6 Å². The van der Waals surface area contributed by atoms with Crippen molar-refractivity contribution in [3.8, 4) is 5.75 Å². The highest BCUT2D eigenvalue weighted by atomic mass is 32.2. The van der Waals surface area contributed by atoms with Crippen LogP contribution in [-0.4, -0.2) is 27.5 Å². The molecular formula is C14H22N2O4S. The number of amides is 1. The molecule has 1 aromatic carbocycles. The predicted molar refractivity (Wildman–Crippen MR) is 80.8 cm³/mol. The average molecular weight is 314 g/mol. The zero-order valence-electron chi connectivity index (χ0n) is 12.5. The number of carbonyl (C=O) groups excluding carboxylic acids is 1. The molecule has 21 heavy (non-hydrogen) atoms. The summed E-state index contributed by atoms with van der Waals surface area (Å²) < 4.78 is 28.1. The Morgan fingerprint density at radius 1 is 1.38 bits per heavy atom. The minimum absolute atomic E-state index is 0.111. The lowest BCUT2D eigenvalue weighted by Gasteiger charge is -2.12. The van der Waals surface area contributed by atoms with Crippen LogP contribution < -0.4 is 15.2 Å². The summed E-state index contributed by atoms with van der Waals surface area (Å²) in [6.07, 6.45) is 0.838. The molecule has 0 heterocycles. The van der Waals surface area contributed by atoms with Crippen molar-refractivity contribution in [3.05, 3.63) is 23.8 Å². The van der Waals surface area contributed by atoms with E-state index < -0.39 is 10.0 Å². The van der Waals surface area contributed by atoms with Crippen molar-refractivity contribution in [1.82, 2.24) is 5.32 Å². The molecule has 0 unspecified atom stereocenters. The maximum Gasteiger partial charge on any atom is 0.255 e. The average Bonchev–Trinajstić information content (AvgIpc) is 2.37. The minimum atomic E-state index is -3.86. The van der Waals surface area contributed by atoms with Gasteiger partial charge in [0.2, 0.25) is 10.0 Å². The Morgan fingerprint density at radius 3 is 2.57 bits per heavy atom. The molecule has 1 amide bonds. The number of ether oxygens (including phenoxy) is 1. The number of nitrogens with one attached hydrogen (secondary N) is 1. The maximum absolute atomic E-state index is 12.2. The van der Waals surface area contributed by atoms with Gasteiger partial charge >= 0.3 is 0 Å². The van der Waals surface area contributed by atoms with E-state index >= 15 is 0 Å². The topological polar surface area (TPSA) is 98.5 Å². The summed E-state index contributed by atoms with van der Waals surface area (Å²) in [7, 11) is -3.86. The molecule has 0 spiro atoms. The molecule has 118 valence electrons. The van der Waals surface area contributed by atoms with Crippen molar-refractivity contribution in [1.29, 1.82) is 0 Å². The summed E-state index contributed by atoms with van der Waals surface area (Å²) in [4.78, 5) is 12.1. The van der Waals surface area contributed by atoms with Crippen molar-refractivity contribution in [2.75, 3.05) is 13.2 Å². The molecule has 1 aromatic rings. The van der Waals surface area contributed by atoms with E-state index in [1.54, 1.807) is 6.92 Å². The second-order valence-corrected chi connectivity index (χ2v) is 6.64. The van der Waals surface area contributed by atoms with Gasteiger partial charge in [0.15, 0.2) is 0 Å². The number of hydrogen-bond acceptors (Lipinski definition) is 4. The lowest BCUT2D eigenvalue weighted by molar-refractivity contribution is 0.0948. The molecule has 0 saturated carbocycles. The zero-order chi connectivity index (χ0) is 16.0. The van der Waals surface area contributed by atoms with Crippen LogP contribution in [0.2, 0.25) is 0 Å². The third kappa shape index (κ3) is 5.35. The molecule has 0 aliphatic heterocycles. The van der Waals surface area contributed by atoms with Gasteiger partial charge in [0.1, 0.15) is 5.75 Å². The van der Waals surface area contributed by atoms with Crippen LogP contribution in [-0.2, 0) is 10.0 Å². The zero-order valence-corrected chi connectivity index (χ0v) is 13.4. The van der Waals surface area contributed by atoms with Crippen molar-refractivity contribution in [2.24, 2.45) is 11.1 Å². The molecule has 0 aromatic heterocycles. The Balaban J connectivity index is 3.02. The van der Waals surface area contributed by atoms with Gasteiger partial charge in [-0.1, -0.05) is 13.8 Å². The number of rotatable bonds is 7. The second kappa shape index (κ2) is 7.42. The van der Waals surface area contributed by atoms with Gasteiger partial charge < -0.3 is 10.1 Å². The van der Waals surface area contributed by atoms with E-state index in [0.29, 0.717) is 24.8 Å². The van der Waals surface area contributed by atoms with E-state index in [-0.39, 0.29) is 16.4 Å². The molecule has 7 heteroatoms. The van der Waals surface area contributed by atoms with Gasteiger partial charge in [0, 0.05) is 6.54 Å². The van der Waals surface area contributed by atoms with Crippen LogP contribution >= 0.6 is 0 Å². The number of primary sulfonamides is 1. The summed E-state index contributed by atoms with van der Waals surface area (Å²) in [6, 6.07) is 4.01. The Morgan fingerprint density at radius 2 is 2.05 bits per heavy atom. The SMILES string of the molecule is CCOc1ccc(S(N)(=O)=O)cc1C(=O)NCCC(C)C. The van der Waals surface area contributed by atoms with Gasteiger partial charge in [-0.05, 0) is 37.5 Å². The highest BCUT2D eigenvalue weighted by Gasteiger charge is 2.17. The van der Waals surface area contributed by atoms with E-state index in [2.05, 4.69) is 19.2 Å². The van der Waals surface area contributed by atoms with Crippen molar-refractivity contribution in [3.63, 3.8) is 0 Å². The highest BCUT2D eigenvalue weighted by molar-refractivity contribution is 7.89. The standard InChI is InChI=1S/C14H22N2O4S/c1-4-20-13-6-5-11(21(15,18)19)9-12(13)14(17)16-8-7-10(2)3/h5-6,9-10H,4,7-8H2,1-3H3,(H,16,17)(H2,15,18,19).